The first-order valence-electron chi connectivity index (χ1n) is 9.70. The molecule has 24 heavy (non-hydrogen) atoms. The van der Waals surface area contributed by atoms with Gasteiger partial charge in [-0.15, -0.1) is 0 Å². The molecule has 3 rings (SSSR count). The molecule has 1 N–H and O–H groups in total. The lowest BCUT2D eigenvalue weighted by Gasteiger charge is -2.34. The Morgan fingerprint density at radius 1 is 1.12 bits per heavy atom. The van der Waals surface area contributed by atoms with Crippen molar-refractivity contribution in [3.05, 3.63) is 11.3 Å². The zero-order chi connectivity index (χ0) is 17.1. The summed E-state index contributed by atoms with van der Waals surface area (Å²) in [5.41, 5.74) is 2.49. The van der Waals surface area contributed by atoms with E-state index in [2.05, 4.69) is 41.2 Å². The van der Waals surface area contributed by atoms with E-state index in [0.29, 0.717) is 6.04 Å². The summed E-state index contributed by atoms with van der Waals surface area (Å²) in [6.07, 6.45) is 8.41. The molecule has 0 bridgehead atoms. The number of aromatic nitrogens is 2. The lowest BCUT2D eigenvalue weighted by molar-refractivity contribution is 0.172. The van der Waals surface area contributed by atoms with Crippen molar-refractivity contribution in [1.82, 2.24) is 20.0 Å². The first-order chi connectivity index (χ1) is 11.5. The van der Waals surface area contributed by atoms with Crippen molar-refractivity contribution in [3.8, 4) is 0 Å². The highest BCUT2D eigenvalue weighted by atomic mass is 15.4. The molecule has 2 fully saturated rings. The van der Waals surface area contributed by atoms with Crippen LogP contribution in [0.25, 0.3) is 0 Å². The third-order valence-corrected chi connectivity index (χ3v) is 5.88. The Hall–Kier alpha value is -1.07. The maximum Gasteiger partial charge on any atom is 0.130 e. The zero-order valence-corrected chi connectivity index (χ0v) is 16.0. The second-order valence-corrected chi connectivity index (χ2v) is 8.01. The Labute approximate surface area is 147 Å². The normalized spacial score (nSPS) is 20.8. The first-order valence-corrected chi connectivity index (χ1v) is 9.70. The molecule has 1 saturated heterocycles. The van der Waals surface area contributed by atoms with E-state index in [1.165, 1.54) is 69.5 Å². The fraction of sp³-hybridized carbons (Fsp3) is 0.842. The van der Waals surface area contributed by atoms with Gasteiger partial charge in [-0.05, 0) is 51.6 Å². The number of rotatable bonds is 6. The van der Waals surface area contributed by atoms with Gasteiger partial charge in [0, 0.05) is 45.8 Å². The quantitative estimate of drug-likeness (QED) is 0.868. The van der Waals surface area contributed by atoms with E-state index in [0.717, 1.165) is 18.2 Å². The molecule has 1 aromatic heterocycles. The maximum absolute atomic E-state index is 4.59. The lowest BCUT2D eigenvalue weighted by Crippen LogP contribution is -2.43. The highest BCUT2D eigenvalue weighted by Crippen LogP contribution is 2.27. The summed E-state index contributed by atoms with van der Waals surface area (Å²) in [7, 11) is 6.23. The number of hydrogen-bond donors (Lipinski definition) is 1. The van der Waals surface area contributed by atoms with E-state index in [1.807, 2.05) is 11.7 Å². The van der Waals surface area contributed by atoms with Gasteiger partial charge in [0.1, 0.15) is 5.82 Å². The monoisotopic (exact) mass is 333 g/mol. The topological polar surface area (TPSA) is 36.3 Å². The van der Waals surface area contributed by atoms with Gasteiger partial charge in [0.05, 0.1) is 5.69 Å². The van der Waals surface area contributed by atoms with E-state index in [-0.39, 0.29) is 0 Å². The van der Waals surface area contributed by atoms with Gasteiger partial charge in [-0.2, -0.15) is 5.10 Å². The molecule has 0 atom stereocenters. The number of likely N-dealkylation sites (tertiary alicyclic amines) is 1. The van der Waals surface area contributed by atoms with Crippen LogP contribution in [0.1, 0.15) is 49.8 Å². The highest BCUT2D eigenvalue weighted by molar-refractivity contribution is 5.48. The maximum atomic E-state index is 4.59. The number of aryl methyl sites for hydroxylation is 2. The molecule has 1 aliphatic carbocycles. The fourth-order valence-electron chi connectivity index (χ4n) is 4.58. The van der Waals surface area contributed by atoms with E-state index in [9.17, 15) is 0 Å². The van der Waals surface area contributed by atoms with Gasteiger partial charge >= 0.3 is 0 Å². The summed E-state index contributed by atoms with van der Waals surface area (Å²) in [5, 5.41) is 8.39. The minimum Gasteiger partial charge on any atom is -0.363 e. The molecule has 5 nitrogen and oxygen atoms in total. The fourth-order valence-corrected chi connectivity index (χ4v) is 4.58. The van der Waals surface area contributed by atoms with Crippen LogP contribution in [0.3, 0.4) is 0 Å². The predicted molar refractivity (Wildman–Crippen MR) is 101 cm³/mol. The van der Waals surface area contributed by atoms with Crippen LogP contribution >= 0.6 is 0 Å². The van der Waals surface area contributed by atoms with Crippen molar-refractivity contribution in [1.29, 1.82) is 0 Å². The molecular formula is C19H35N5. The number of anilines is 1. The van der Waals surface area contributed by atoms with Gasteiger partial charge < -0.3 is 15.1 Å². The third kappa shape index (κ3) is 4.12. The van der Waals surface area contributed by atoms with Crippen LogP contribution in [0.2, 0.25) is 0 Å². The molecule has 1 aromatic rings. The molecule has 1 saturated carbocycles. The highest BCUT2D eigenvalue weighted by Gasteiger charge is 2.24. The smallest absolute Gasteiger partial charge is 0.130 e. The van der Waals surface area contributed by atoms with Crippen LogP contribution in [0.4, 0.5) is 5.82 Å². The Morgan fingerprint density at radius 3 is 2.42 bits per heavy atom. The van der Waals surface area contributed by atoms with Crippen LogP contribution in [0, 0.1) is 12.8 Å². The van der Waals surface area contributed by atoms with Crippen LogP contribution in [-0.2, 0) is 13.6 Å². The van der Waals surface area contributed by atoms with Gasteiger partial charge in [0.2, 0.25) is 0 Å². The van der Waals surface area contributed by atoms with Crippen LogP contribution in [0.15, 0.2) is 0 Å². The number of nitrogens with zero attached hydrogens (tertiary/aromatic N) is 4. The Bertz CT molecular complexity index is 522. The molecule has 2 heterocycles. The molecule has 0 spiro atoms. The van der Waals surface area contributed by atoms with E-state index >= 15 is 0 Å². The summed E-state index contributed by atoms with van der Waals surface area (Å²) < 4.78 is 2.00. The largest absolute Gasteiger partial charge is 0.363 e. The Morgan fingerprint density at radius 2 is 1.79 bits per heavy atom. The molecule has 5 heteroatoms. The number of piperidine rings is 1. The van der Waals surface area contributed by atoms with E-state index in [1.54, 1.807) is 0 Å². The molecular weight excluding hydrogens is 298 g/mol. The lowest BCUT2D eigenvalue weighted by atomic mass is 10.0. The molecule has 0 aromatic carbocycles. The van der Waals surface area contributed by atoms with Crippen molar-refractivity contribution >= 4 is 5.82 Å². The van der Waals surface area contributed by atoms with Gasteiger partial charge in [-0.1, -0.05) is 12.8 Å². The van der Waals surface area contributed by atoms with Crippen molar-refractivity contribution in [3.63, 3.8) is 0 Å². The average molecular weight is 334 g/mol. The van der Waals surface area contributed by atoms with Gasteiger partial charge in [-0.3, -0.25) is 4.68 Å². The standard InChI is InChI=1S/C19H35N5/c1-15-18(19(22(2)3)23(4)21-15)13-20-17-9-11-24(12-10-17)14-16-7-5-6-8-16/h16-17,20H,5-14H2,1-4H3. The minimum absolute atomic E-state index is 0.652. The van der Waals surface area contributed by atoms with Gasteiger partial charge in [-0.25, -0.2) is 0 Å². The Balaban J connectivity index is 1.47. The van der Waals surface area contributed by atoms with Crippen molar-refractivity contribution in [2.45, 2.75) is 58.0 Å². The van der Waals surface area contributed by atoms with Crippen molar-refractivity contribution < 1.29 is 0 Å². The first kappa shape index (κ1) is 17.7. The zero-order valence-electron chi connectivity index (χ0n) is 16.0. The molecule has 136 valence electrons. The van der Waals surface area contributed by atoms with Crippen molar-refractivity contribution in [2.24, 2.45) is 13.0 Å². The predicted octanol–water partition coefficient (Wildman–Crippen LogP) is 2.54. The van der Waals surface area contributed by atoms with Crippen molar-refractivity contribution in [2.75, 3.05) is 38.6 Å². The molecule has 0 radical (unpaired) electrons. The Kier molecular flexibility index (Phi) is 5.82. The second kappa shape index (κ2) is 7.87. The minimum atomic E-state index is 0.652. The summed E-state index contributed by atoms with van der Waals surface area (Å²) in [5.74, 6) is 2.20. The van der Waals surface area contributed by atoms with E-state index < -0.39 is 0 Å². The molecule has 1 aliphatic heterocycles. The van der Waals surface area contributed by atoms with Crippen LogP contribution in [-0.4, -0.2) is 54.5 Å². The van der Waals surface area contributed by atoms with Gasteiger partial charge in [0.15, 0.2) is 0 Å². The summed E-state index contributed by atoms with van der Waals surface area (Å²) in [6.45, 7) is 6.93. The van der Waals surface area contributed by atoms with E-state index in [4.69, 9.17) is 0 Å². The molecule has 0 amide bonds. The van der Waals surface area contributed by atoms with Crippen LogP contribution in [0.5, 0.6) is 0 Å². The molecule has 0 unspecified atom stereocenters. The van der Waals surface area contributed by atoms with Crippen LogP contribution < -0.4 is 10.2 Å². The SMILES string of the molecule is Cc1nn(C)c(N(C)C)c1CNC1CCN(CC2CCCC2)CC1. The number of nitrogens with one attached hydrogen (secondary N) is 1. The summed E-state index contributed by atoms with van der Waals surface area (Å²) in [4.78, 5) is 4.87. The number of hydrogen-bond acceptors (Lipinski definition) is 4. The molecule has 2 aliphatic rings. The summed E-state index contributed by atoms with van der Waals surface area (Å²) >= 11 is 0. The summed E-state index contributed by atoms with van der Waals surface area (Å²) in [6, 6.07) is 0.652. The van der Waals surface area contributed by atoms with Gasteiger partial charge in [0.25, 0.3) is 0 Å². The third-order valence-electron chi connectivity index (χ3n) is 5.88. The second-order valence-electron chi connectivity index (χ2n) is 8.01. The average Bonchev–Trinajstić information content (AvgIpc) is 3.14.